The van der Waals surface area contributed by atoms with Crippen LogP contribution in [0.25, 0.3) is 27.0 Å². The van der Waals surface area contributed by atoms with E-state index in [4.69, 9.17) is 0 Å². The molecule has 0 atom stereocenters. The van der Waals surface area contributed by atoms with Gasteiger partial charge in [-0.1, -0.05) is 0 Å². The van der Waals surface area contributed by atoms with Crippen molar-refractivity contribution in [3.05, 3.63) is 72.6 Å². The fraction of sp³-hybridized carbons (Fsp3) is 0.105. The fourth-order valence-electron chi connectivity index (χ4n) is 3.08. The van der Waals surface area contributed by atoms with Crippen LogP contribution in [0.4, 0.5) is 13.2 Å². The lowest BCUT2D eigenvalue weighted by atomic mass is 10.1. The first kappa shape index (κ1) is 20.6. The van der Waals surface area contributed by atoms with Crippen LogP contribution in [-0.2, 0) is 18.3 Å². The summed E-state index contributed by atoms with van der Waals surface area (Å²) in [5, 5.41) is 12.8. The van der Waals surface area contributed by atoms with Crippen LogP contribution < -0.4 is 11.2 Å². The number of halogens is 4. The van der Waals surface area contributed by atoms with Crippen LogP contribution in [-0.4, -0.2) is 13.5 Å². The highest BCUT2D eigenvalue weighted by molar-refractivity contribution is 14.1. The van der Waals surface area contributed by atoms with Gasteiger partial charge in [0, 0.05) is 22.1 Å². The molecule has 2 aromatic heterocycles. The molecule has 0 fully saturated rings. The topological polar surface area (TPSA) is 76.8 Å². The first-order valence-corrected chi connectivity index (χ1v) is 10.2. The van der Waals surface area contributed by atoms with Crippen molar-refractivity contribution in [3.63, 3.8) is 0 Å². The maximum absolute atomic E-state index is 13.1. The molecule has 0 amide bonds. The zero-order valence-corrected chi connectivity index (χ0v) is 18.0. The summed E-state index contributed by atoms with van der Waals surface area (Å²) in [4.78, 5) is 24.9. The minimum absolute atomic E-state index is 0.0846. The monoisotopic (exact) mass is 544 g/mol. The lowest BCUT2D eigenvalue weighted by Gasteiger charge is -2.14. The van der Waals surface area contributed by atoms with Gasteiger partial charge >= 0.3 is 11.9 Å². The molecule has 0 saturated carbocycles. The molecule has 2 heterocycles. The van der Waals surface area contributed by atoms with Crippen molar-refractivity contribution in [1.29, 1.82) is 0 Å². The van der Waals surface area contributed by atoms with Crippen LogP contribution in [0.15, 0.2) is 52.1 Å². The Labute approximate surface area is 184 Å². The lowest BCUT2D eigenvalue weighted by Crippen LogP contribution is -2.40. The van der Waals surface area contributed by atoms with Gasteiger partial charge in [-0.05, 0) is 70.5 Å². The quantitative estimate of drug-likeness (QED) is 0.347. The van der Waals surface area contributed by atoms with E-state index in [1.165, 1.54) is 18.2 Å². The number of benzene rings is 2. The summed E-state index contributed by atoms with van der Waals surface area (Å²) in [5.74, 6) is -0.240. The number of fused-ring (bicyclic) bond motifs is 1. The summed E-state index contributed by atoms with van der Waals surface area (Å²) in [6.45, 7) is 0. The van der Waals surface area contributed by atoms with Crippen molar-refractivity contribution in [2.24, 2.45) is 7.05 Å². The van der Waals surface area contributed by atoms with Crippen molar-refractivity contribution >= 4 is 44.2 Å². The highest BCUT2D eigenvalue weighted by Gasteiger charge is 2.35. The smallest absolute Gasteiger partial charge is 0.292 e. The summed E-state index contributed by atoms with van der Waals surface area (Å²) < 4.78 is 46.1. The van der Waals surface area contributed by atoms with Crippen LogP contribution >= 0.6 is 34.1 Å². The lowest BCUT2D eigenvalue weighted by molar-refractivity contribution is -0.144. The second-order valence-corrected chi connectivity index (χ2v) is 8.45. The molecule has 0 aliphatic rings. The third-order valence-electron chi connectivity index (χ3n) is 4.52. The zero-order valence-electron chi connectivity index (χ0n) is 15.0. The summed E-state index contributed by atoms with van der Waals surface area (Å²) in [6.07, 6.45) is -4.84. The van der Waals surface area contributed by atoms with Gasteiger partial charge in [0.15, 0.2) is 5.75 Å². The van der Waals surface area contributed by atoms with Crippen molar-refractivity contribution in [3.8, 4) is 22.7 Å². The molecule has 0 spiro atoms. The van der Waals surface area contributed by atoms with Crippen molar-refractivity contribution in [1.82, 2.24) is 13.5 Å². The number of rotatable bonds is 2. The minimum atomic E-state index is -4.84. The van der Waals surface area contributed by atoms with Gasteiger partial charge in [-0.15, -0.1) is 0 Å². The van der Waals surface area contributed by atoms with Gasteiger partial charge in [-0.3, -0.25) is 14.5 Å². The number of nitrogens with zero attached hydrogens (tertiary/aromatic N) is 3. The first-order valence-electron chi connectivity index (χ1n) is 8.35. The Balaban J connectivity index is 1.96. The van der Waals surface area contributed by atoms with Crippen molar-refractivity contribution < 1.29 is 18.3 Å². The molecule has 0 aliphatic carbocycles. The fourth-order valence-corrected chi connectivity index (χ4v) is 4.34. The van der Waals surface area contributed by atoms with Gasteiger partial charge in [0.1, 0.15) is 5.69 Å². The molecule has 153 valence electrons. The maximum atomic E-state index is 13.1. The number of aromatic nitrogens is 3. The van der Waals surface area contributed by atoms with Crippen LogP contribution in [0.1, 0.15) is 5.69 Å². The standard InChI is InChI=1S/C19H10F3IN3O3S/c1-25-15(19(20,21)22)8-16(28)26(18(25)29)10-3-5-14-12(7-10)17(24-30-14)11-6-9(23)2-4-13(11)27/h2-8H,1H3. The Kier molecular flexibility index (Phi) is 4.97. The molecule has 0 bridgehead atoms. The molecule has 11 heteroatoms. The van der Waals surface area contributed by atoms with Crippen LogP contribution in [0.3, 0.4) is 0 Å². The van der Waals surface area contributed by atoms with Crippen molar-refractivity contribution in [2.45, 2.75) is 6.18 Å². The Morgan fingerprint density at radius 3 is 2.50 bits per heavy atom. The molecule has 0 saturated heterocycles. The van der Waals surface area contributed by atoms with Crippen LogP contribution in [0, 0.1) is 3.57 Å². The first-order chi connectivity index (χ1) is 14.1. The average Bonchev–Trinajstić information content (AvgIpc) is 3.09. The molecule has 6 nitrogen and oxygen atoms in total. The minimum Gasteiger partial charge on any atom is -0.292 e. The highest BCUT2D eigenvalue weighted by atomic mass is 127. The Bertz CT molecular complexity index is 1420. The maximum Gasteiger partial charge on any atom is 0.431 e. The van der Waals surface area contributed by atoms with Gasteiger partial charge in [-0.2, -0.15) is 17.5 Å². The van der Waals surface area contributed by atoms with Crippen LogP contribution in [0.2, 0.25) is 0 Å². The third kappa shape index (κ3) is 3.41. The molecule has 0 N–H and O–H groups in total. The van der Waals surface area contributed by atoms with E-state index in [1.807, 2.05) is 0 Å². The molecule has 0 aliphatic heterocycles. The van der Waals surface area contributed by atoms with Gasteiger partial charge in [-0.25, -0.2) is 9.36 Å². The summed E-state index contributed by atoms with van der Waals surface area (Å²) in [6, 6.07) is 9.67. The molecular formula is C19H10F3IN3O3S. The Morgan fingerprint density at radius 1 is 1.07 bits per heavy atom. The molecule has 4 rings (SSSR count). The van der Waals surface area contributed by atoms with E-state index >= 15 is 0 Å². The van der Waals surface area contributed by atoms with E-state index in [9.17, 15) is 27.9 Å². The average molecular weight is 544 g/mol. The van der Waals surface area contributed by atoms with Gasteiger partial charge < -0.3 is 0 Å². The molecule has 2 aromatic carbocycles. The molecule has 30 heavy (non-hydrogen) atoms. The van der Waals surface area contributed by atoms with E-state index in [0.717, 1.165) is 22.2 Å². The van der Waals surface area contributed by atoms with E-state index in [-0.39, 0.29) is 11.4 Å². The summed E-state index contributed by atoms with van der Waals surface area (Å²) in [5.41, 5.74) is -2.73. The van der Waals surface area contributed by atoms with E-state index in [0.29, 0.717) is 36.5 Å². The van der Waals surface area contributed by atoms with Crippen LogP contribution in [0.5, 0.6) is 5.75 Å². The van der Waals surface area contributed by atoms with E-state index in [1.54, 1.807) is 18.2 Å². The van der Waals surface area contributed by atoms with Gasteiger partial charge in [0.25, 0.3) is 5.56 Å². The second-order valence-electron chi connectivity index (χ2n) is 6.39. The van der Waals surface area contributed by atoms with E-state index in [2.05, 4.69) is 27.0 Å². The van der Waals surface area contributed by atoms with Crippen molar-refractivity contribution in [2.75, 3.05) is 0 Å². The second kappa shape index (κ2) is 7.23. The Hall–Kier alpha value is -2.67. The number of hydrogen-bond donors (Lipinski definition) is 0. The predicted octanol–water partition coefficient (Wildman–Crippen LogP) is 4.58. The summed E-state index contributed by atoms with van der Waals surface area (Å²) >= 11 is 3.20. The third-order valence-corrected chi connectivity index (χ3v) is 6.02. The molecule has 4 aromatic rings. The highest BCUT2D eigenvalue weighted by Crippen LogP contribution is 2.37. The van der Waals surface area contributed by atoms with Gasteiger partial charge in [0.05, 0.1) is 21.6 Å². The SMILES string of the molecule is Cn1c(C(F)(F)F)cc(=O)n(-c2ccc3snc(-c4cc(I)ccc4[O])c3c2)c1=O. The largest absolute Gasteiger partial charge is 0.431 e. The molecule has 1 radical (unpaired) electrons. The molecule has 0 unspecified atom stereocenters. The Morgan fingerprint density at radius 2 is 1.80 bits per heavy atom. The predicted molar refractivity (Wildman–Crippen MR) is 114 cm³/mol. The van der Waals surface area contributed by atoms with E-state index < -0.39 is 23.1 Å². The normalized spacial score (nSPS) is 11.9. The molecular weight excluding hydrogens is 534 g/mol. The number of alkyl halides is 3. The zero-order chi connectivity index (χ0) is 21.8. The number of hydrogen-bond acceptors (Lipinski definition) is 4. The summed E-state index contributed by atoms with van der Waals surface area (Å²) in [7, 11) is 0.951. The van der Waals surface area contributed by atoms with Gasteiger partial charge in [0.2, 0.25) is 0 Å².